The van der Waals surface area contributed by atoms with Crippen molar-refractivity contribution in [1.29, 1.82) is 0 Å². The van der Waals surface area contributed by atoms with E-state index in [9.17, 15) is 4.39 Å². The second-order valence-corrected chi connectivity index (χ2v) is 5.42. The molecule has 0 aliphatic rings. The van der Waals surface area contributed by atoms with Gasteiger partial charge in [-0.25, -0.2) is 4.39 Å². The molecule has 2 nitrogen and oxygen atoms in total. The van der Waals surface area contributed by atoms with E-state index in [-0.39, 0.29) is 12.7 Å². The van der Waals surface area contributed by atoms with Crippen LogP contribution in [-0.4, -0.2) is 13.5 Å². The van der Waals surface area contributed by atoms with E-state index in [1.54, 1.807) is 12.1 Å². The molecule has 0 aromatic heterocycles. The van der Waals surface area contributed by atoms with Crippen LogP contribution in [0.4, 0.5) is 4.39 Å². The Morgan fingerprint density at radius 1 is 0.708 bits per heavy atom. The lowest BCUT2D eigenvalue weighted by atomic mass is 9.58. The van der Waals surface area contributed by atoms with Crippen molar-refractivity contribution in [1.82, 2.24) is 0 Å². The highest BCUT2D eigenvalue weighted by molar-refractivity contribution is 6.68. The van der Waals surface area contributed by atoms with E-state index in [1.165, 1.54) is 12.1 Å². The zero-order chi connectivity index (χ0) is 16.6. The predicted octanol–water partition coefficient (Wildman–Crippen LogP) is 4.18. The average molecular weight is 320 g/mol. The lowest BCUT2D eigenvalue weighted by Crippen LogP contribution is -2.37. The Labute approximate surface area is 142 Å². The molecule has 0 aliphatic carbocycles. The first-order valence-electron chi connectivity index (χ1n) is 7.96. The molecule has 0 atom stereocenters. The minimum atomic E-state index is -0.252. The lowest BCUT2D eigenvalue weighted by molar-refractivity contribution is 0.335. The van der Waals surface area contributed by atoms with Gasteiger partial charge in [0.1, 0.15) is 11.6 Å². The maximum absolute atomic E-state index is 13.2. The van der Waals surface area contributed by atoms with Crippen LogP contribution in [0.2, 0.25) is 6.32 Å². The predicted molar refractivity (Wildman–Crippen MR) is 95.6 cm³/mol. The zero-order valence-corrected chi connectivity index (χ0v) is 13.3. The first-order valence-corrected chi connectivity index (χ1v) is 7.96. The Kier molecular flexibility index (Phi) is 5.51. The van der Waals surface area contributed by atoms with E-state index in [0.717, 1.165) is 17.0 Å². The summed E-state index contributed by atoms with van der Waals surface area (Å²) in [5.74, 6) is 1.36. The topological polar surface area (TPSA) is 18.5 Å². The molecule has 0 saturated carbocycles. The van der Waals surface area contributed by atoms with Gasteiger partial charge in [-0.2, -0.15) is 0 Å². The van der Waals surface area contributed by atoms with E-state index >= 15 is 0 Å². The molecule has 0 radical (unpaired) electrons. The molecule has 0 saturated heterocycles. The average Bonchev–Trinajstić information content (AvgIpc) is 2.63. The minimum absolute atomic E-state index is 0.197. The van der Waals surface area contributed by atoms with Gasteiger partial charge in [0, 0.05) is 6.32 Å². The van der Waals surface area contributed by atoms with Gasteiger partial charge < -0.3 is 9.39 Å². The summed E-state index contributed by atoms with van der Waals surface area (Å²) in [7, 11) is 0. The van der Waals surface area contributed by atoms with Crippen LogP contribution in [-0.2, 0) is 0 Å². The van der Waals surface area contributed by atoms with Crippen molar-refractivity contribution in [3.8, 4) is 11.5 Å². The van der Waals surface area contributed by atoms with Crippen molar-refractivity contribution < 1.29 is 13.8 Å². The van der Waals surface area contributed by atoms with Crippen molar-refractivity contribution in [2.45, 2.75) is 6.32 Å². The fraction of sp³-hybridized carbons (Fsp3) is 0.100. The summed E-state index contributed by atoms with van der Waals surface area (Å²) in [5, 5.41) is 0. The van der Waals surface area contributed by atoms with Gasteiger partial charge in [-0.05, 0) is 41.9 Å². The van der Waals surface area contributed by atoms with Gasteiger partial charge in [-0.1, -0.05) is 48.5 Å². The number of benzene rings is 3. The van der Waals surface area contributed by atoms with Crippen molar-refractivity contribution >= 4 is 12.4 Å². The molecule has 3 aromatic carbocycles. The molecule has 0 N–H and O–H groups in total. The van der Waals surface area contributed by atoms with Gasteiger partial charge in [0.05, 0.1) is 12.4 Å². The molecule has 120 valence electrons. The quantitative estimate of drug-likeness (QED) is 0.608. The summed E-state index contributed by atoms with van der Waals surface area (Å²) < 4.78 is 25.0. The number of rotatable bonds is 7. The number of hydrogen-bond donors (Lipinski definition) is 0. The van der Waals surface area contributed by atoms with Crippen LogP contribution in [0.25, 0.3) is 0 Å². The third kappa shape index (κ3) is 4.62. The van der Waals surface area contributed by atoms with E-state index in [4.69, 9.17) is 9.39 Å². The van der Waals surface area contributed by atoms with Crippen molar-refractivity contribution in [2.75, 3.05) is 6.61 Å². The first kappa shape index (κ1) is 16.1. The Bertz CT molecular complexity index is 733. The van der Waals surface area contributed by atoms with Gasteiger partial charge in [0.25, 0.3) is 0 Å². The third-order valence-corrected chi connectivity index (χ3v) is 3.66. The van der Waals surface area contributed by atoms with Gasteiger partial charge in [0.15, 0.2) is 0 Å². The molecule has 0 amide bonds. The van der Waals surface area contributed by atoms with E-state index in [0.29, 0.717) is 12.9 Å². The molecule has 0 aliphatic heterocycles. The van der Waals surface area contributed by atoms with Gasteiger partial charge in [-0.15, -0.1) is 0 Å². The van der Waals surface area contributed by atoms with Crippen molar-refractivity contribution in [3.63, 3.8) is 0 Å². The number of para-hydroxylation sites is 2. The zero-order valence-electron chi connectivity index (χ0n) is 13.3. The molecule has 0 unspecified atom stereocenters. The summed E-state index contributed by atoms with van der Waals surface area (Å²) in [5.41, 5.74) is 0.928. The standard InChI is InChI=1S/C20H18BFO2/c22-18-13-11-17(12-14-18)21(24-20-9-5-2-6-10-20)15-16-23-19-7-3-1-4-8-19/h1-14H,15-16H2. The molecule has 0 spiro atoms. The van der Waals surface area contributed by atoms with Gasteiger partial charge >= 0.3 is 6.92 Å². The maximum Gasteiger partial charge on any atom is 0.394 e. The fourth-order valence-electron chi connectivity index (χ4n) is 2.43. The van der Waals surface area contributed by atoms with Crippen LogP contribution in [0.5, 0.6) is 11.5 Å². The highest BCUT2D eigenvalue weighted by atomic mass is 19.1. The molecule has 0 bridgehead atoms. The van der Waals surface area contributed by atoms with Crippen LogP contribution in [0.3, 0.4) is 0 Å². The largest absolute Gasteiger partial charge is 0.556 e. The third-order valence-electron chi connectivity index (χ3n) is 3.66. The molecular formula is C20H18BFO2. The second-order valence-electron chi connectivity index (χ2n) is 5.42. The summed E-state index contributed by atoms with van der Waals surface area (Å²) in [6, 6.07) is 25.7. The summed E-state index contributed by atoms with van der Waals surface area (Å²) in [6.45, 7) is 0.315. The van der Waals surface area contributed by atoms with Crippen LogP contribution < -0.4 is 14.9 Å². The second kappa shape index (κ2) is 8.20. The van der Waals surface area contributed by atoms with Crippen LogP contribution in [0, 0.1) is 5.82 Å². The monoisotopic (exact) mass is 320 g/mol. The highest BCUT2D eigenvalue weighted by Crippen LogP contribution is 2.13. The molecule has 24 heavy (non-hydrogen) atoms. The number of ether oxygens (including phenoxy) is 1. The number of halogens is 1. The molecular weight excluding hydrogens is 302 g/mol. The van der Waals surface area contributed by atoms with Crippen LogP contribution in [0.15, 0.2) is 84.9 Å². The van der Waals surface area contributed by atoms with Crippen molar-refractivity contribution in [2.24, 2.45) is 0 Å². The maximum atomic E-state index is 13.2. The lowest BCUT2D eigenvalue weighted by Gasteiger charge is -2.17. The molecule has 3 aromatic rings. The van der Waals surface area contributed by atoms with E-state index < -0.39 is 0 Å². The molecule has 0 heterocycles. The van der Waals surface area contributed by atoms with Crippen LogP contribution in [0.1, 0.15) is 0 Å². The number of hydrogen-bond acceptors (Lipinski definition) is 2. The Hall–Kier alpha value is -2.75. The summed E-state index contributed by atoms with van der Waals surface area (Å²) >= 11 is 0. The van der Waals surface area contributed by atoms with Crippen molar-refractivity contribution in [3.05, 3.63) is 90.7 Å². The molecule has 0 fully saturated rings. The SMILES string of the molecule is Fc1ccc(B(CCOc2ccccc2)Oc2ccccc2)cc1. The van der Waals surface area contributed by atoms with Gasteiger partial charge in [0.2, 0.25) is 0 Å². The van der Waals surface area contributed by atoms with Gasteiger partial charge in [-0.3, -0.25) is 0 Å². The minimum Gasteiger partial charge on any atom is -0.556 e. The fourth-order valence-corrected chi connectivity index (χ4v) is 2.43. The summed E-state index contributed by atoms with van der Waals surface area (Å²) in [6.07, 6.45) is 0.662. The normalized spacial score (nSPS) is 10.2. The summed E-state index contributed by atoms with van der Waals surface area (Å²) in [4.78, 5) is 0. The van der Waals surface area contributed by atoms with E-state index in [1.807, 2.05) is 60.7 Å². The molecule has 4 heteroatoms. The Morgan fingerprint density at radius 2 is 1.29 bits per heavy atom. The smallest absolute Gasteiger partial charge is 0.394 e. The first-order chi connectivity index (χ1) is 11.8. The molecule has 3 rings (SSSR count). The highest BCUT2D eigenvalue weighted by Gasteiger charge is 2.21. The Balaban J connectivity index is 1.68. The Morgan fingerprint density at radius 3 is 1.92 bits per heavy atom. The van der Waals surface area contributed by atoms with E-state index in [2.05, 4.69) is 0 Å². The van der Waals surface area contributed by atoms with Crippen LogP contribution >= 0.6 is 0 Å².